The highest BCUT2D eigenvalue weighted by Crippen LogP contribution is 2.09. The Hall–Kier alpha value is -1.63. The second kappa shape index (κ2) is 6.69. The molecule has 0 aliphatic carbocycles. The molecule has 110 valence electrons. The van der Waals surface area contributed by atoms with E-state index in [0.29, 0.717) is 26.2 Å². The minimum atomic E-state index is -0.0803. The highest BCUT2D eigenvalue weighted by atomic mass is 32.1. The van der Waals surface area contributed by atoms with E-state index in [1.54, 1.807) is 28.1 Å². The van der Waals surface area contributed by atoms with Crippen molar-refractivity contribution in [1.82, 2.24) is 20.1 Å². The predicted octanol–water partition coefficient (Wildman–Crippen LogP) is 1.22. The monoisotopic (exact) mass is 296 g/mol. The fraction of sp³-hybridized carbons (Fsp3) is 0.615. The summed E-state index contributed by atoms with van der Waals surface area (Å²) in [5.41, 5.74) is 0.978. The summed E-state index contributed by atoms with van der Waals surface area (Å²) in [6.45, 7) is 6.58. The molecule has 1 aromatic rings. The van der Waals surface area contributed by atoms with Gasteiger partial charge >= 0.3 is 6.03 Å². The van der Waals surface area contributed by atoms with Crippen LogP contribution >= 0.6 is 11.3 Å². The Kier molecular flexibility index (Phi) is 4.94. The van der Waals surface area contributed by atoms with Crippen LogP contribution < -0.4 is 5.32 Å². The van der Waals surface area contributed by atoms with Crippen molar-refractivity contribution >= 4 is 23.3 Å². The Morgan fingerprint density at radius 3 is 2.65 bits per heavy atom. The maximum atomic E-state index is 12.1. The molecule has 7 heteroatoms. The standard InChI is InChI=1S/C13H20N4O2S/c1-10-9-20-12(15-10)8-14-13(19)17-5-3-4-16(6-7-17)11(2)18/h9H,3-8H2,1-2H3,(H,14,19). The highest BCUT2D eigenvalue weighted by Gasteiger charge is 2.20. The van der Waals surface area contributed by atoms with E-state index < -0.39 is 0 Å². The number of rotatable bonds is 2. The minimum absolute atomic E-state index is 0.0746. The first-order valence-electron chi connectivity index (χ1n) is 6.75. The Morgan fingerprint density at radius 2 is 2.00 bits per heavy atom. The second-order valence-electron chi connectivity index (χ2n) is 4.89. The van der Waals surface area contributed by atoms with Crippen molar-refractivity contribution in [2.75, 3.05) is 26.2 Å². The number of urea groups is 1. The molecule has 2 heterocycles. The molecular formula is C13H20N4O2S. The average molecular weight is 296 g/mol. The van der Waals surface area contributed by atoms with Crippen molar-refractivity contribution in [3.63, 3.8) is 0 Å². The van der Waals surface area contributed by atoms with Crippen molar-refractivity contribution in [2.24, 2.45) is 0 Å². The lowest BCUT2D eigenvalue weighted by Gasteiger charge is -2.21. The molecule has 1 aliphatic rings. The van der Waals surface area contributed by atoms with Crippen molar-refractivity contribution < 1.29 is 9.59 Å². The third-order valence-electron chi connectivity index (χ3n) is 3.29. The summed E-state index contributed by atoms with van der Waals surface area (Å²) >= 11 is 1.55. The zero-order valence-electron chi connectivity index (χ0n) is 11.9. The van der Waals surface area contributed by atoms with E-state index in [9.17, 15) is 9.59 Å². The quantitative estimate of drug-likeness (QED) is 0.892. The van der Waals surface area contributed by atoms with Gasteiger partial charge in [-0.05, 0) is 13.3 Å². The molecule has 0 unspecified atom stereocenters. The molecule has 1 N–H and O–H groups in total. The molecule has 0 saturated carbocycles. The van der Waals surface area contributed by atoms with E-state index in [2.05, 4.69) is 10.3 Å². The summed E-state index contributed by atoms with van der Waals surface area (Å²) in [4.78, 5) is 31.3. The van der Waals surface area contributed by atoms with Gasteiger partial charge in [0.05, 0.1) is 6.54 Å². The fourth-order valence-electron chi connectivity index (χ4n) is 2.18. The molecule has 0 spiro atoms. The number of nitrogens with zero attached hydrogens (tertiary/aromatic N) is 3. The van der Waals surface area contributed by atoms with Crippen LogP contribution in [0, 0.1) is 6.92 Å². The van der Waals surface area contributed by atoms with Gasteiger partial charge in [-0.1, -0.05) is 0 Å². The highest BCUT2D eigenvalue weighted by molar-refractivity contribution is 7.09. The molecule has 0 radical (unpaired) electrons. The van der Waals surface area contributed by atoms with Gasteiger partial charge in [0.25, 0.3) is 0 Å². The van der Waals surface area contributed by atoms with Crippen LogP contribution in [0.2, 0.25) is 0 Å². The molecule has 1 saturated heterocycles. The third kappa shape index (κ3) is 3.93. The van der Waals surface area contributed by atoms with Gasteiger partial charge < -0.3 is 15.1 Å². The smallest absolute Gasteiger partial charge is 0.317 e. The Labute approximate surface area is 122 Å². The summed E-state index contributed by atoms with van der Waals surface area (Å²) < 4.78 is 0. The summed E-state index contributed by atoms with van der Waals surface area (Å²) in [5, 5.41) is 5.77. The number of hydrogen-bond acceptors (Lipinski definition) is 4. The second-order valence-corrected chi connectivity index (χ2v) is 5.83. The number of aromatic nitrogens is 1. The Morgan fingerprint density at radius 1 is 1.30 bits per heavy atom. The van der Waals surface area contributed by atoms with Crippen LogP contribution in [0.15, 0.2) is 5.38 Å². The number of aryl methyl sites for hydroxylation is 1. The van der Waals surface area contributed by atoms with Gasteiger partial charge in [-0.2, -0.15) is 0 Å². The average Bonchev–Trinajstić information content (AvgIpc) is 2.68. The van der Waals surface area contributed by atoms with Gasteiger partial charge in [0.1, 0.15) is 5.01 Å². The van der Waals surface area contributed by atoms with E-state index in [1.165, 1.54) is 0 Å². The number of nitrogens with one attached hydrogen (secondary N) is 1. The van der Waals surface area contributed by atoms with Crippen LogP contribution in [-0.4, -0.2) is 52.9 Å². The molecule has 6 nitrogen and oxygen atoms in total. The van der Waals surface area contributed by atoms with Gasteiger partial charge in [0.2, 0.25) is 5.91 Å². The lowest BCUT2D eigenvalue weighted by Crippen LogP contribution is -2.42. The summed E-state index contributed by atoms with van der Waals surface area (Å²) in [7, 11) is 0. The van der Waals surface area contributed by atoms with Crippen LogP contribution in [0.4, 0.5) is 4.79 Å². The first-order chi connectivity index (χ1) is 9.56. The zero-order chi connectivity index (χ0) is 14.5. The first kappa shape index (κ1) is 14.8. The van der Waals surface area contributed by atoms with Gasteiger partial charge in [-0.15, -0.1) is 11.3 Å². The molecule has 2 rings (SSSR count). The Balaban J connectivity index is 1.81. The first-order valence-corrected chi connectivity index (χ1v) is 7.63. The SMILES string of the molecule is CC(=O)N1CCCN(C(=O)NCc2nc(C)cs2)CC1. The number of thiazole rings is 1. The van der Waals surface area contributed by atoms with E-state index >= 15 is 0 Å². The number of carbonyl (C=O) groups is 2. The molecule has 3 amide bonds. The van der Waals surface area contributed by atoms with Gasteiger partial charge in [-0.25, -0.2) is 9.78 Å². The van der Waals surface area contributed by atoms with Crippen molar-refractivity contribution in [3.05, 3.63) is 16.1 Å². The molecule has 1 aliphatic heterocycles. The normalized spacial score (nSPS) is 15.9. The number of amides is 3. The largest absolute Gasteiger partial charge is 0.341 e. The van der Waals surface area contributed by atoms with Crippen molar-refractivity contribution in [1.29, 1.82) is 0 Å². The summed E-state index contributed by atoms with van der Waals surface area (Å²) in [5.74, 6) is 0.0746. The molecule has 1 fully saturated rings. The van der Waals surface area contributed by atoms with E-state index in [-0.39, 0.29) is 11.9 Å². The number of carbonyl (C=O) groups excluding carboxylic acids is 2. The fourth-order valence-corrected chi connectivity index (χ4v) is 2.89. The molecular weight excluding hydrogens is 276 g/mol. The van der Waals surface area contributed by atoms with Crippen LogP contribution in [0.5, 0.6) is 0 Å². The topological polar surface area (TPSA) is 65.5 Å². The molecule has 20 heavy (non-hydrogen) atoms. The predicted molar refractivity (Wildman–Crippen MR) is 77.5 cm³/mol. The lowest BCUT2D eigenvalue weighted by molar-refractivity contribution is -0.128. The summed E-state index contributed by atoms with van der Waals surface area (Å²) in [6, 6.07) is -0.0803. The van der Waals surface area contributed by atoms with Gasteiger partial charge in [0, 0.05) is 44.2 Å². The lowest BCUT2D eigenvalue weighted by atomic mass is 10.4. The van der Waals surface area contributed by atoms with Crippen LogP contribution in [0.3, 0.4) is 0 Å². The van der Waals surface area contributed by atoms with Crippen LogP contribution in [-0.2, 0) is 11.3 Å². The number of hydrogen-bond donors (Lipinski definition) is 1. The molecule has 0 aromatic carbocycles. The van der Waals surface area contributed by atoms with Crippen molar-refractivity contribution in [3.8, 4) is 0 Å². The van der Waals surface area contributed by atoms with Gasteiger partial charge in [-0.3, -0.25) is 4.79 Å². The third-order valence-corrected chi connectivity index (χ3v) is 4.25. The Bertz CT molecular complexity index is 488. The zero-order valence-corrected chi connectivity index (χ0v) is 12.7. The van der Waals surface area contributed by atoms with Crippen LogP contribution in [0.1, 0.15) is 24.0 Å². The molecule has 0 bridgehead atoms. The van der Waals surface area contributed by atoms with E-state index in [1.807, 2.05) is 12.3 Å². The van der Waals surface area contributed by atoms with E-state index in [4.69, 9.17) is 0 Å². The molecule has 0 atom stereocenters. The van der Waals surface area contributed by atoms with Gasteiger partial charge in [0.15, 0.2) is 0 Å². The maximum Gasteiger partial charge on any atom is 0.317 e. The van der Waals surface area contributed by atoms with Crippen LogP contribution in [0.25, 0.3) is 0 Å². The van der Waals surface area contributed by atoms with E-state index in [0.717, 1.165) is 23.7 Å². The minimum Gasteiger partial charge on any atom is -0.341 e. The maximum absolute atomic E-state index is 12.1. The van der Waals surface area contributed by atoms with Crippen molar-refractivity contribution in [2.45, 2.75) is 26.8 Å². The summed E-state index contributed by atoms with van der Waals surface area (Å²) in [6.07, 6.45) is 0.823. The molecule has 1 aromatic heterocycles.